The van der Waals surface area contributed by atoms with Crippen LogP contribution in [0.3, 0.4) is 0 Å². The van der Waals surface area contributed by atoms with Crippen LogP contribution < -0.4 is 14.4 Å². The minimum Gasteiger partial charge on any atom is -0.496 e. The molecular weight excluding hydrogens is 444 g/mol. The van der Waals surface area contributed by atoms with Gasteiger partial charge in [0, 0.05) is 27.9 Å². The maximum absolute atomic E-state index is 11.9. The third-order valence-electron chi connectivity index (χ3n) is 6.43. The Hall–Kier alpha value is -3.04. The van der Waals surface area contributed by atoms with Crippen LogP contribution in [0.5, 0.6) is 5.75 Å². The fraction of sp³-hybridized carbons (Fsp3) is 0.393. The number of ether oxygens (including phenoxy) is 2. The average Bonchev–Trinajstić information content (AvgIpc) is 2.84. The van der Waals surface area contributed by atoms with E-state index in [2.05, 4.69) is 66.7 Å². The second kappa shape index (κ2) is 11.4. The van der Waals surface area contributed by atoms with Gasteiger partial charge >= 0.3 is 5.97 Å². The van der Waals surface area contributed by atoms with Crippen molar-refractivity contribution in [2.45, 2.75) is 57.9 Å². The second-order valence-electron chi connectivity index (χ2n) is 8.61. The molecule has 0 aliphatic heterocycles. The van der Waals surface area contributed by atoms with E-state index < -0.39 is 0 Å². The highest BCUT2D eigenvalue weighted by atomic mass is 32.2. The SMILES string of the molecule is C#CCN(c1ccc(NSc2c(C)cc(OC)c(C)c2C)c2c1C=CCC2)C(C)CC(=O)OC. The number of anilines is 2. The van der Waals surface area contributed by atoms with Crippen LogP contribution in [0.15, 0.2) is 29.2 Å². The Kier molecular flexibility index (Phi) is 8.57. The maximum atomic E-state index is 11.9. The molecule has 6 heteroatoms. The monoisotopic (exact) mass is 478 g/mol. The number of carbonyl (C=O) groups excluding carboxylic acids is 1. The first kappa shape index (κ1) is 25.6. The topological polar surface area (TPSA) is 50.8 Å². The van der Waals surface area contributed by atoms with E-state index in [1.807, 2.05) is 6.92 Å². The van der Waals surface area contributed by atoms with Crippen LogP contribution in [-0.4, -0.2) is 32.8 Å². The number of methoxy groups -OCH3 is 2. The van der Waals surface area contributed by atoms with E-state index in [9.17, 15) is 4.79 Å². The predicted octanol–water partition coefficient (Wildman–Crippen LogP) is 6.09. The number of terminal acetylenes is 1. The van der Waals surface area contributed by atoms with E-state index in [4.69, 9.17) is 15.9 Å². The number of hydrogen-bond donors (Lipinski definition) is 1. The van der Waals surface area contributed by atoms with Gasteiger partial charge in [0.25, 0.3) is 0 Å². The minimum atomic E-state index is -0.242. The number of nitrogens with one attached hydrogen (secondary N) is 1. The van der Waals surface area contributed by atoms with Crippen molar-refractivity contribution in [3.05, 3.63) is 52.1 Å². The number of nitrogens with zero attached hydrogens (tertiary/aromatic N) is 1. The van der Waals surface area contributed by atoms with Gasteiger partial charge in [-0.15, -0.1) is 6.42 Å². The minimum absolute atomic E-state index is 0.0799. The number of rotatable bonds is 9. The molecule has 2 aromatic carbocycles. The van der Waals surface area contributed by atoms with Crippen LogP contribution in [-0.2, 0) is 16.0 Å². The lowest BCUT2D eigenvalue weighted by Crippen LogP contribution is -2.36. The van der Waals surface area contributed by atoms with Crippen molar-refractivity contribution in [1.29, 1.82) is 0 Å². The summed E-state index contributed by atoms with van der Waals surface area (Å²) in [5, 5.41) is 0. The number of benzene rings is 2. The quantitative estimate of drug-likeness (QED) is 0.267. The molecule has 34 heavy (non-hydrogen) atoms. The molecule has 0 fully saturated rings. The number of allylic oxidation sites excluding steroid dienone is 1. The first-order valence-electron chi connectivity index (χ1n) is 11.5. The predicted molar refractivity (Wildman–Crippen MR) is 143 cm³/mol. The van der Waals surface area contributed by atoms with Gasteiger partial charge in [0.15, 0.2) is 0 Å². The van der Waals surface area contributed by atoms with Crippen LogP contribution in [0.1, 0.15) is 47.6 Å². The zero-order valence-corrected chi connectivity index (χ0v) is 21.8. The lowest BCUT2D eigenvalue weighted by atomic mass is 9.93. The standard InChI is InChI=1S/C28H34N2O3S/c1-8-15-30(19(3)17-27(31)33-7)25-14-13-24(22-11-9-10-12-23(22)25)29-34-28-18(2)16-26(32-6)20(4)21(28)5/h1,10,12-14,16,19,29H,9,11,15,17H2,2-7H3. The first-order chi connectivity index (χ1) is 16.3. The molecule has 0 bridgehead atoms. The molecule has 0 aromatic heterocycles. The lowest BCUT2D eigenvalue weighted by molar-refractivity contribution is -0.140. The normalized spacial score (nSPS) is 13.0. The summed E-state index contributed by atoms with van der Waals surface area (Å²) in [6.45, 7) is 8.77. The number of aryl methyl sites for hydroxylation is 1. The van der Waals surface area contributed by atoms with Gasteiger partial charge in [0.1, 0.15) is 5.75 Å². The average molecular weight is 479 g/mol. The van der Waals surface area contributed by atoms with E-state index in [1.165, 1.54) is 28.7 Å². The molecule has 5 nitrogen and oxygen atoms in total. The van der Waals surface area contributed by atoms with E-state index in [0.29, 0.717) is 6.54 Å². The van der Waals surface area contributed by atoms with Crippen LogP contribution in [0.25, 0.3) is 6.08 Å². The summed E-state index contributed by atoms with van der Waals surface area (Å²) in [7, 11) is 3.13. The molecule has 0 amide bonds. The van der Waals surface area contributed by atoms with E-state index in [-0.39, 0.29) is 18.4 Å². The molecule has 0 saturated carbocycles. The third-order valence-corrected chi connectivity index (χ3v) is 7.59. The lowest BCUT2D eigenvalue weighted by Gasteiger charge is -2.32. The Morgan fingerprint density at radius 3 is 2.71 bits per heavy atom. The molecule has 1 unspecified atom stereocenters. The summed E-state index contributed by atoms with van der Waals surface area (Å²) in [6, 6.07) is 6.23. The fourth-order valence-corrected chi connectivity index (χ4v) is 5.32. The zero-order chi connectivity index (χ0) is 24.8. The van der Waals surface area contributed by atoms with Crippen molar-refractivity contribution in [3.63, 3.8) is 0 Å². The Bertz CT molecular complexity index is 1130. The van der Waals surface area contributed by atoms with E-state index in [0.717, 1.165) is 41.1 Å². The van der Waals surface area contributed by atoms with Gasteiger partial charge in [-0.05, 0) is 92.9 Å². The smallest absolute Gasteiger partial charge is 0.307 e. The van der Waals surface area contributed by atoms with Gasteiger partial charge in [-0.3, -0.25) is 4.79 Å². The van der Waals surface area contributed by atoms with Crippen LogP contribution >= 0.6 is 11.9 Å². The Balaban J connectivity index is 1.94. The number of hydrogen-bond acceptors (Lipinski definition) is 6. The maximum Gasteiger partial charge on any atom is 0.307 e. The molecule has 0 saturated heterocycles. The summed E-state index contributed by atoms with van der Waals surface area (Å²) >= 11 is 1.64. The van der Waals surface area contributed by atoms with Gasteiger partial charge in [0.2, 0.25) is 0 Å². The summed E-state index contributed by atoms with van der Waals surface area (Å²) in [5.74, 6) is 3.43. The summed E-state index contributed by atoms with van der Waals surface area (Å²) in [4.78, 5) is 15.2. The van der Waals surface area contributed by atoms with Crippen LogP contribution in [0.4, 0.5) is 11.4 Å². The Labute approximate surface area is 208 Å². The first-order valence-corrected chi connectivity index (χ1v) is 12.3. The van der Waals surface area contributed by atoms with Crippen molar-refractivity contribution in [1.82, 2.24) is 0 Å². The molecule has 3 rings (SSSR count). The highest BCUT2D eigenvalue weighted by Gasteiger charge is 2.23. The molecule has 1 atom stereocenters. The van der Waals surface area contributed by atoms with Crippen molar-refractivity contribution in [3.8, 4) is 18.1 Å². The van der Waals surface area contributed by atoms with Crippen LogP contribution in [0.2, 0.25) is 0 Å². The molecule has 1 aliphatic rings. The third kappa shape index (κ3) is 5.37. The molecule has 180 valence electrons. The molecular formula is C28H34N2O3S. The zero-order valence-electron chi connectivity index (χ0n) is 21.0. The summed E-state index contributed by atoms with van der Waals surface area (Å²) < 4.78 is 14.0. The fourth-order valence-electron chi connectivity index (χ4n) is 4.39. The van der Waals surface area contributed by atoms with Gasteiger partial charge in [-0.1, -0.05) is 18.1 Å². The highest BCUT2D eigenvalue weighted by Crippen LogP contribution is 2.39. The van der Waals surface area contributed by atoms with Crippen molar-refractivity contribution in [2.75, 3.05) is 30.4 Å². The molecule has 0 heterocycles. The molecule has 1 N–H and O–H groups in total. The van der Waals surface area contributed by atoms with Gasteiger partial charge < -0.3 is 19.1 Å². The van der Waals surface area contributed by atoms with E-state index >= 15 is 0 Å². The van der Waals surface area contributed by atoms with Crippen LogP contribution in [0, 0.1) is 33.1 Å². The van der Waals surface area contributed by atoms with Gasteiger partial charge in [-0.25, -0.2) is 0 Å². The largest absolute Gasteiger partial charge is 0.496 e. The molecule has 2 aromatic rings. The summed E-state index contributed by atoms with van der Waals surface area (Å²) in [6.07, 6.45) is 12.3. The number of carbonyl (C=O) groups is 1. The summed E-state index contributed by atoms with van der Waals surface area (Å²) in [5.41, 5.74) is 8.12. The Morgan fingerprint density at radius 2 is 2.03 bits per heavy atom. The van der Waals surface area contributed by atoms with E-state index in [1.54, 1.807) is 19.1 Å². The number of esters is 1. The van der Waals surface area contributed by atoms with Crippen molar-refractivity contribution < 1.29 is 14.3 Å². The molecule has 1 aliphatic carbocycles. The highest BCUT2D eigenvalue weighted by molar-refractivity contribution is 8.00. The van der Waals surface area contributed by atoms with Crippen molar-refractivity contribution >= 4 is 35.4 Å². The Morgan fingerprint density at radius 1 is 1.26 bits per heavy atom. The molecule has 0 radical (unpaired) electrons. The second-order valence-corrected chi connectivity index (χ2v) is 9.42. The molecule has 0 spiro atoms. The van der Waals surface area contributed by atoms with Gasteiger partial charge in [0.05, 0.1) is 27.2 Å². The van der Waals surface area contributed by atoms with Crippen molar-refractivity contribution in [2.24, 2.45) is 0 Å². The van der Waals surface area contributed by atoms with Gasteiger partial charge in [-0.2, -0.15) is 0 Å². The number of fused-ring (bicyclic) bond motifs is 1.